The van der Waals surface area contributed by atoms with E-state index in [2.05, 4.69) is 22.1 Å². The zero-order chi connectivity index (χ0) is 18.5. The summed E-state index contributed by atoms with van der Waals surface area (Å²) in [6.07, 6.45) is 3.38. The van der Waals surface area contributed by atoms with E-state index in [0.29, 0.717) is 24.3 Å². The number of benzene rings is 1. The summed E-state index contributed by atoms with van der Waals surface area (Å²) in [7, 11) is 1.61. The molecule has 142 valence electrons. The van der Waals surface area contributed by atoms with E-state index >= 15 is 0 Å². The summed E-state index contributed by atoms with van der Waals surface area (Å²) in [5.74, 6) is 0.441. The van der Waals surface area contributed by atoms with Gasteiger partial charge in [-0.3, -0.25) is 4.98 Å². The van der Waals surface area contributed by atoms with Gasteiger partial charge in [0.05, 0.1) is 24.9 Å². The molecular weight excluding hydrogens is 333 g/mol. The van der Waals surface area contributed by atoms with Gasteiger partial charge in [0.25, 0.3) is 0 Å². The van der Waals surface area contributed by atoms with Crippen molar-refractivity contribution in [2.24, 2.45) is 0 Å². The first-order valence-electron chi connectivity index (χ1n) is 9.37. The summed E-state index contributed by atoms with van der Waals surface area (Å²) in [6, 6.07) is 5.74. The first-order chi connectivity index (χ1) is 12.6. The smallest absolute Gasteiger partial charge is 0.145 e. The Kier molecular flexibility index (Phi) is 6.40. The lowest BCUT2D eigenvalue weighted by Gasteiger charge is -2.36. The summed E-state index contributed by atoms with van der Waals surface area (Å²) in [5.41, 5.74) is 1.47. The van der Waals surface area contributed by atoms with E-state index in [1.165, 1.54) is 6.20 Å². The van der Waals surface area contributed by atoms with Crippen LogP contribution in [-0.4, -0.2) is 60.4 Å². The molecule has 0 radical (unpaired) electrons. The molecule has 1 aromatic carbocycles. The molecule has 1 fully saturated rings. The highest BCUT2D eigenvalue weighted by atomic mass is 19.1. The fourth-order valence-electron chi connectivity index (χ4n) is 3.76. The monoisotopic (exact) mass is 361 g/mol. The van der Waals surface area contributed by atoms with Crippen molar-refractivity contribution in [3.63, 3.8) is 0 Å². The number of piperidine rings is 1. The van der Waals surface area contributed by atoms with Crippen LogP contribution in [0.25, 0.3) is 10.9 Å². The molecule has 1 aliphatic heterocycles. The lowest BCUT2D eigenvalue weighted by molar-refractivity contribution is 0.0408. The Balaban J connectivity index is 1.62. The lowest BCUT2D eigenvalue weighted by atomic mass is 10.0. The number of rotatable bonds is 7. The molecule has 2 aromatic rings. The average molecular weight is 361 g/mol. The highest BCUT2D eigenvalue weighted by Gasteiger charge is 2.26. The number of nitrogens with zero attached hydrogens (tertiary/aromatic N) is 2. The van der Waals surface area contributed by atoms with E-state index in [1.54, 1.807) is 7.11 Å². The van der Waals surface area contributed by atoms with E-state index in [4.69, 9.17) is 4.74 Å². The van der Waals surface area contributed by atoms with Crippen molar-refractivity contribution < 1.29 is 14.2 Å². The van der Waals surface area contributed by atoms with Gasteiger partial charge in [0.15, 0.2) is 0 Å². The third kappa shape index (κ3) is 4.31. The Morgan fingerprint density at radius 3 is 3.00 bits per heavy atom. The van der Waals surface area contributed by atoms with Gasteiger partial charge in [-0.1, -0.05) is 6.92 Å². The SMILES string of the molecule is CCNC1CCN(CCCc2c(F)cnc3ccc(OC)cc23)CC1O. The number of halogens is 1. The molecule has 0 bridgehead atoms. The van der Waals surface area contributed by atoms with Gasteiger partial charge < -0.3 is 20.1 Å². The second kappa shape index (κ2) is 8.75. The molecule has 1 aromatic heterocycles. The van der Waals surface area contributed by atoms with Crippen molar-refractivity contribution in [1.82, 2.24) is 15.2 Å². The molecule has 2 atom stereocenters. The van der Waals surface area contributed by atoms with Crippen LogP contribution >= 0.6 is 0 Å². The van der Waals surface area contributed by atoms with E-state index in [1.807, 2.05) is 18.2 Å². The van der Waals surface area contributed by atoms with Crippen molar-refractivity contribution in [3.05, 3.63) is 35.8 Å². The number of pyridine rings is 1. The number of nitrogens with one attached hydrogen (secondary N) is 1. The number of hydrogen-bond acceptors (Lipinski definition) is 5. The number of aliphatic hydroxyl groups is 1. The molecule has 3 rings (SSSR count). The highest BCUT2D eigenvalue weighted by molar-refractivity contribution is 5.83. The maximum absolute atomic E-state index is 14.4. The summed E-state index contributed by atoms with van der Waals surface area (Å²) >= 11 is 0. The second-order valence-electron chi connectivity index (χ2n) is 6.89. The maximum Gasteiger partial charge on any atom is 0.145 e. The average Bonchev–Trinajstić information content (AvgIpc) is 2.65. The summed E-state index contributed by atoms with van der Waals surface area (Å²) in [6.45, 7) is 5.41. The first-order valence-corrected chi connectivity index (χ1v) is 9.37. The molecule has 1 aliphatic rings. The van der Waals surface area contributed by atoms with Crippen LogP contribution in [-0.2, 0) is 6.42 Å². The Hall–Kier alpha value is -1.76. The highest BCUT2D eigenvalue weighted by Crippen LogP contribution is 2.25. The molecule has 2 unspecified atom stereocenters. The number of fused-ring (bicyclic) bond motifs is 1. The van der Waals surface area contributed by atoms with Crippen molar-refractivity contribution in [2.45, 2.75) is 38.3 Å². The van der Waals surface area contributed by atoms with Crippen LogP contribution in [0.1, 0.15) is 25.3 Å². The van der Waals surface area contributed by atoms with Crippen LogP contribution in [0.2, 0.25) is 0 Å². The third-order valence-corrected chi connectivity index (χ3v) is 5.17. The number of β-amino-alcohol motifs (C(OH)–C–C–N with tert-alkyl or cyclic N) is 1. The molecular formula is C20H28FN3O2. The molecule has 1 saturated heterocycles. The van der Waals surface area contributed by atoms with Crippen LogP contribution in [0.4, 0.5) is 4.39 Å². The normalized spacial score (nSPS) is 21.2. The van der Waals surface area contributed by atoms with Crippen molar-refractivity contribution in [3.8, 4) is 5.75 Å². The van der Waals surface area contributed by atoms with Gasteiger partial charge in [-0.05, 0) is 62.7 Å². The van der Waals surface area contributed by atoms with Gasteiger partial charge in [0.2, 0.25) is 0 Å². The molecule has 2 N–H and O–H groups in total. The van der Waals surface area contributed by atoms with Crippen LogP contribution < -0.4 is 10.1 Å². The number of methoxy groups -OCH3 is 1. The van der Waals surface area contributed by atoms with Crippen LogP contribution in [0.15, 0.2) is 24.4 Å². The van der Waals surface area contributed by atoms with Gasteiger partial charge >= 0.3 is 0 Å². The van der Waals surface area contributed by atoms with Crippen LogP contribution in [0, 0.1) is 5.82 Å². The van der Waals surface area contributed by atoms with Gasteiger partial charge in [-0.2, -0.15) is 0 Å². The predicted octanol–water partition coefficient (Wildman–Crippen LogP) is 2.36. The summed E-state index contributed by atoms with van der Waals surface area (Å²) in [4.78, 5) is 6.43. The van der Waals surface area contributed by atoms with Gasteiger partial charge in [-0.25, -0.2) is 4.39 Å². The molecule has 0 saturated carbocycles. The van der Waals surface area contributed by atoms with Crippen LogP contribution in [0.3, 0.4) is 0 Å². The molecule has 2 heterocycles. The fourth-order valence-corrected chi connectivity index (χ4v) is 3.76. The standard InChI is InChI=1S/C20H28FN3O2/c1-3-22-19-8-10-24(13-20(19)25)9-4-5-15-16-11-14(26-2)6-7-18(16)23-12-17(15)21/h6-7,11-12,19-20,22,25H,3-5,8-10,13H2,1-2H3. The van der Waals surface area contributed by atoms with E-state index in [0.717, 1.165) is 43.4 Å². The largest absolute Gasteiger partial charge is 0.497 e. The fraction of sp³-hybridized carbons (Fsp3) is 0.550. The van der Waals surface area contributed by atoms with E-state index in [-0.39, 0.29) is 18.0 Å². The number of aromatic nitrogens is 1. The van der Waals surface area contributed by atoms with Gasteiger partial charge in [0.1, 0.15) is 11.6 Å². The zero-order valence-corrected chi connectivity index (χ0v) is 15.5. The Labute approximate surface area is 154 Å². The molecule has 6 heteroatoms. The molecule has 0 aliphatic carbocycles. The van der Waals surface area contributed by atoms with Gasteiger partial charge in [0, 0.05) is 18.0 Å². The summed E-state index contributed by atoms with van der Waals surface area (Å²) < 4.78 is 19.6. The number of ether oxygens (including phenoxy) is 1. The number of likely N-dealkylation sites (N-methyl/N-ethyl adjacent to an activating group) is 1. The van der Waals surface area contributed by atoms with Gasteiger partial charge in [-0.15, -0.1) is 0 Å². The predicted molar refractivity (Wildman–Crippen MR) is 101 cm³/mol. The Morgan fingerprint density at radius 2 is 2.27 bits per heavy atom. The van der Waals surface area contributed by atoms with Crippen molar-refractivity contribution in [2.75, 3.05) is 33.3 Å². The number of aryl methyl sites for hydroxylation is 1. The Bertz CT molecular complexity index is 740. The van der Waals surface area contributed by atoms with Crippen LogP contribution in [0.5, 0.6) is 5.75 Å². The maximum atomic E-state index is 14.4. The minimum atomic E-state index is -0.341. The Morgan fingerprint density at radius 1 is 1.42 bits per heavy atom. The molecule has 0 spiro atoms. The van der Waals surface area contributed by atoms with E-state index in [9.17, 15) is 9.50 Å². The molecule has 26 heavy (non-hydrogen) atoms. The van der Waals surface area contributed by atoms with Crippen molar-refractivity contribution in [1.29, 1.82) is 0 Å². The molecule has 0 amide bonds. The lowest BCUT2D eigenvalue weighted by Crippen LogP contribution is -2.52. The van der Waals surface area contributed by atoms with Crippen molar-refractivity contribution >= 4 is 10.9 Å². The third-order valence-electron chi connectivity index (χ3n) is 5.17. The second-order valence-corrected chi connectivity index (χ2v) is 6.89. The van der Waals surface area contributed by atoms with E-state index < -0.39 is 0 Å². The zero-order valence-electron chi connectivity index (χ0n) is 15.5. The minimum absolute atomic E-state index is 0.185. The number of aliphatic hydroxyl groups excluding tert-OH is 1. The number of hydrogen-bond donors (Lipinski definition) is 2. The minimum Gasteiger partial charge on any atom is -0.497 e. The quantitative estimate of drug-likeness (QED) is 0.793. The first kappa shape index (κ1) is 19.0. The summed E-state index contributed by atoms with van der Waals surface area (Å²) in [5, 5.41) is 14.4. The number of likely N-dealkylation sites (tertiary alicyclic amines) is 1. The molecule has 5 nitrogen and oxygen atoms in total. The topological polar surface area (TPSA) is 57.6 Å².